The summed E-state index contributed by atoms with van der Waals surface area (Å²) in [6.45, 7) is 2.55. The highest BCUT2D eigenvalue weighted by Crippen LogP contribution is 2.25. The predicted molar refractivity (Wildman–Crippen MR) is 62.8 cm³/mol. The monoisotopic (exact) mass is 256 g/mol. The molecule has 1 saturated heterocycles. The van der Waals surface area contributed by atoms with Crippen molar-refractivity contribution in [2.75, 3.05) is 13.1 Å². The van der Waals surface area contributed by atoms with Gasteiger partial charge in [-0.15, -0.1) is 0 Å². The number of sulfonamides is 1. The van der Waals surface area contributed by atoms with E-state index in [-0.39, 0.29) is 10.8 Å². The lowest BCUT2D eigenvalue weighted by Gasteiger charge is -2.17. The molecule has 0 aliphatic carbocycles. The third kappa shape index (κ3) is 2.48. The van der Waals surface area contributed by atoms with Gasteiger partial charge in [-0.25, -0.2) is 8.42 Å². The van der Waals surface area contributed by atoms with Crippen LogP contribution in [0.4, 0.5) is 0 Å². The topological polar surface area (TPSA) is 70.5 Å². The number of rotatable bonds is 3. The zero-order valence-electron chi connectivity index (χ0n) is 9.65. The summed E-state index contributed by atoms with van der Waals surface area (Å²) in [5.41, 5.74) is 0. The quantitative estimate of drug-likeness (QED) is 0.853. The van der Waals surface area contributed by atoms with Crippen LogP contribution in [0.15, 0.2) is 29.4 Å². The van der Waals surface area contributed by atoms with Crippen LogP contribution in [0.3, 0.4) is 0 Å². The van der Waals surface area contributed by atoms with E-state index in [2.05, 4.69) is 4.98 Å². The maximum absolute atomic E-state index is 12.2. The van der Waals surface area contributed by atoms with Crippen molar-refractivity contribution in [2.24, 2.45) is 5.92 Å². The number of hydrogen-bond acceptors (Lipinski definition) is 4. The van der Waals surface area contributed by atoms with Crippen LogP contribution < -0.4 is 0 Å². The lowest BCUT2D eigenvalue weighted by atomic mass is 10.0. The summed E-state index contributed by atoms with van der Waals surface area (Å²) in [7, 11) is -3.45. The molecule has 5 nitrogen and oxygen atoms in total. The molecule has 0 saturated carbocycles. The summed E-state index contributed by atoms with van der Waals surface area (Å²) in [4.78, 5) is 4.04. The summed E-state index contributed by atoms with van der Waals surface area (Å²) >= 11 is 0. The number of hydrogen-bond donors (Lipinski definition) is 1. The third-order valence-electron chi connectivity index (χ3n) is 3.14. The number of aliphatic hydroxyl groups excluding tert-OH is 1. The van der Waals surface area contributed by atoms with Crippen molar-refractivity contribution >= 4 is 10.0 Å². The van der Waals surface area contributed by atoms with Gasteiger partial charge in [0.15, 0.2) is 0 Å². The Kier molecular flexibility index (Phi) is 3.46. The Bertz CT molecular complexity index is 473. The zero-order valence-corrected chi connectivity index (χ0v) is 10.5. The Hall–Kier alpha value is -0.980. The smallest absolute Gasteiger partial charge is 0.244 e. The fourth-order valence-electron chi connectivity index (χ4n) is 2.01. The van der Waals surface area contributed by atoms with Crippen LogP contribution in [0.5, 0.6) is 0 Å². The first-order valence-electron chi connectivity index (χ1n) is 5.60. The molecule has 0 radical (unpaired) electrons. The maximum Gasteiger partial charge on any atom is 0.244 e. The van der Waals surface area contributed by atoms with Gasteiger partial charge in [0.05, 0.1) is 6.10 Å². The summed E-state index contributed by atoms with van der Waals surface area (Å²) in [5, 5.41) is 9.47. The second-order valence-electron chi connectivity index (χ2n) is 4.34. The molecule has 1 aromatic heterocycles. The molecule has 0 bridgehead atoms. The van der Waals surface area contributed by atoms with Gasteiger partial charge in [-0.1, -0.05) is 0 Å². The molecule has 2 unspecified atom stereocenters. The molecule has 1 aliphatic rings. The van der Waals surface area contributed by atoms with E-state index in [4.69, 9.17) is 0 Å². The Labute approximate surface area is 101 Å². The minimum Gasteiger partial charge on any atom is -0.393 e. The minimum absolute atomic E-state index is 0.0291. The van der Waals surface area contributed by atoms with E-state index in [1.165, 1.54) is 16.6 Å². The Balaban J connectivity index is 2.19. The molecule has 1 aromatic rings. The molecule has 2 heterocycles. The number of aliphatic hydroxyl groups is 1. The molecule has 0 amide bonds. The van der Waals surface area contributed by atoms with Crippen molar-refractivity contribution in [3.63, 3.8) is 0 Å². The first-order chi connectivity index (χ1) is 8.01. The van der Waals surface area contributed by atoms with Gasteiger partial charge >= 0.3 is 0 Å². The Morgan fingerprint density at radius 3 is 2.88 bits per heavy atom. The molecule has 1 fully saturated rings. The average Bonchev–Trinajstić information content (AvgIpc) is 2.80. The maximum atomic E-state index is 12.2. The van der Waals surface area contributed by atoms with Gasteiger partial charge in [-0.2, -0.15) is 4.31 Å². The molecular formula is C11H16N2O3S. The second-order valence-corrected chi connectivity index (χ2v) is 6.28. The fourth-order valence-corrected chi connectivity index (χ4v) is 3.49. The lowest BCUT2D eigenvalue weighted by molar-refractivity contribution is 0.133. The third-order valence-corrected chi connectivity index (χ3v) is 4.99. The number of aromatic nitrogens is 1. The van der Waals surface area contributed by atoms with Gasteiger partial charge in [0, 0.05) is 25.5 Å². The van der Waals surface area contributed by atoms with Crippen LogP contribution in [0.2, 0.25) is 0 Å². The fraction of sp³-hybridized carbons (Fsp3) is 0.545. The molecule has 2 rings (SSSR count). The molecule has 0 spiro atoms. The highest BCUT2D eigenvalue weighted by Gasteiger charge is 2.34. The molecule has 1 N–H and O–H groups in total. The molecule has 0 aromatic carbocycles. The van der Waals surface area contributed by atoms with Gasteiger partial charge in [-0.3, -0.25) is 4.98 Å². The summed E-state index contributed by atoms with van der Waals surface area (Å²) in [5.74, 6) is 0.0291. The molecule has 17 heavy (non-hydrogen) atoms. The highest BCUT2D eigenvalue weighted by atomic mass is 32.2. The van der Waals surface area contributed by atoms with Crippen LogP contribution in [-0.4, -0.2) is 42.0 Å². The predicted octanol–water partition coefficient (Wildman–Crippen LogP) is 0.473. The van der Waals surface area contributed by atoms with Gasteiger partial charge in [0.1, 0.15) is 4.90 Å². The molecule has 6 heteroatoms. The first-order valence-corrected chi connectivity index (χ1v) is 7.04. The minimum atomic E-state index is -3.45. The normalized spacial score (nSPS) is 23.8. The van der Waals surface area contributed by atoms with Gasteiger partial charge in [0.25, 0.3) is 0 Å². The molecular weight excluding hydrogens is 240 g/mol. The van der Waals surface area contributed by atoms with Crippen LogP contribution in [0.1, 0.15) is 13.3 Å². The van der Waals surface area contributed by atoms with E-state index in [0.717, 1.165) is 0 Å². The highest BCUT2D eigenvalue weighted by molar-refractivity contribution is 7.89. The molecule has 94 valence electrons. The van der Waals surface area contributed by atoms with E-state index in [1.54, 1.807) is 19.2 Å². The van der Waals surface area contributed by atoms with Crippen molar-refractivity contribution in [2.45, 2.75) is 24.3 Å². The van der Waals surface area contributed by atoms with E-state index < -0.39 is 16.1 Å². The van der Waals surface area contributed by atoms with Crippen molar-refractivity contribution in [1.82, 2.24) is 9.29 Å². The van der Waals surface area contributed by atoms with Crippen LogP contribution in [0, 0.1) is 5.92 Å². The van der Waals surface area contributed by atoms with Crippen molar-refractivity contribution in [3.05, 3.63) is 24.5 Å². The average molecular weight is 256 g/mol. The van der Waals surface area contributed by atoms with Crippen LogP contribution >= 0.6 is 0 Å². The Morgan fingerprint density at radius 1 is 1.59 bits per heavy atom. The van der Waals surface area contributed by atoms with Crippen molar-refractivity contribution < 1.29 is 13.5 Å². The van der Waals surface area contributed by atoms with Crippen molar-refractivity contribution in [3.8, 4) is 0 Å². The summed E-state index contributed by atoms with van der Waals surface area (Å²) < 4.78 is 25.8. The summed E-state index contributed by atoms with van der Waals surface area (Å²) in [6.07, 6.45) is 3.13. The lowest BCUT2D eigenvalue weighted by Crippen LogP contribution is -2.30. The number of nitrogens with zero attached hydrogens (tertiary/aromatic N) is 2. The zero-order chi connectivity index (χ0) is 12.5. The molecule has 1 aliphatic heterocycles. The standard InChI is InChI=1S/C11H16N2O3S/c1-9(14)10-4-6-13(8-10)17(15,16)11-3-2-5-12-7-11/h2-3,5,7,9-10,14H,4,6,8H2,1H3. The van der Waals surface area contributed by atoms with Crippen LogP contribution in [0.25, 0.3) is 0 Å². The van der Waals surface area contributed by atoms with E-state index >= 15 is 0 Å². The first kappa shape index (κ1) is 12.5. The van der Waals surface area contributed by atoms with Gasteiger partial charge in [-0.05, 0) is 31.4 Å². The molecule has 2 atom stereocenters. The van der Waals surface area contributed by atoms with Gasteiger partial charge < -0.3 is 5.11 Å². The van der Waals surface area contributed by atoms with Crippen molar-refractivity contribution in [1.29, 1.82) is 0 Å². The van der Waals surface area contributed by atoms with E-state index in [9.17, 15) is 13.5 Å². The van der Waals surface area contributed by atoms with E-state index in [1.807, 2.05) is 0 Å². The summed E-state index contributed by atoms with van der Waals surface area (Å²) in [6, 6.07) is 3.15. The largest absolute Gasteiger partial charge is 0.393 e. The van der Waals surface area contributed by atoms with Crippen LogP contribution in [-0.2, 0) is 10.0 Å². The van der Waals surface area contributed by atoms with Gasteiger partial charge in [0.2, 0.25) is 10.0 Å². The number of pyridine rings is 1. The van der Waals surface area contributed by atoms with E-state index in [0.29, 0.717) is 19.5 Å². The second kappa shape index (κ2) is 4.72. The Morgan fingerprint density at radius 2 is 2.35 bits per heavy atom. The SMILES string of the molecule is CC(O)C1CCN(S(=O)(=O)c2cccnc2)C1.